The zero-order valence-electron chi connectivity index (χ0n) is 21.0. The van der Waals surface area contributed by atoms with Crippen molar-refractivity contribution in [3.63, 3.8) is 0 Å². The van der Waals surface area contributed by atoms with Gasteiger partial charge in [-0.05, 0) is 42.3 Å². The van der Waals surface area contributed by atoms with E-state index in [1.165, 1.54) is 31.3 Å². The van der Waals surface area contributed by atoms with Crippen LogP contribution < -0.4 is 15.4 Å². The molecule has 0 bridgehead atoms. The topological polar surface area (TPSA) is 117 Å². The summed E-state index contributed by atoms with van der Waals surface area (Å²) in [6, 6.07) is 16.9. The smallest absolute Gasteiger partial charge is 0.359 e. The maximum absolute atomic E-state index is 13.5. The lowest BCUT2D eigenvalue weighted by atomic mass is 10.1. The predicted molar refractivity (Wildman–Crippen MR) is 147 cm³/mol. The van der Waals surface area contributed by atoms with E-state index in [0.29, 0.717) is 29.8 Å². The molecule has 3 aromatic carbocycles. The Balaban J connectivity index is 1.59. The Morgan fingerprint density at radius 2 is 1.68 bits per heavy atom. The number of sulfonamides is 1. The number of benzene rings is 3. The Labute approximate surface area is 232 Å². The highest BCUT2D eigenvalue weighted by Crippen LogP contribution is 2.34. The lowest BCUT2D eigenvalue weighted by Crippen LogP contribution is -2.20. The molecular formula is C27H23F3N4O4S2. The van der Waals surface area contributed by atoms with Crippen LogP contribution >= 0.6 is 11.3 Å². The van der Waals surface area contributed by atoms with Gasteiger partial charge in [-0.25, -0.2) is 13.4 Å². The van der Waals surface area contributed by atoms with E-state index in [4.69, 9.17) is 0 Å². The van der Waals surface area contributed by atoms with E-state index in [0.717, 1.165) is 23.0 Å². The Morgan fingerprint density at radius 1 is 0.975 bits per heavy atom. The number of hydrogen-bond acceptors (Lipinski definition) is 6. The first kappa shape index (κ1) is 28.8. The normalized spacial score (nSPS) is 11.6. The van der Waals surface area contributed by atoms with E-state index in [2.05, 4.69) is 20.3 Å². The van der Waals surface area contributed by atoms with Gasteiger partial charge in [0, 0.05) is 24.4 Å². The SMILES string of the molecule is CNC(=O)CCc1ccc(S(=O)(=O)Nc2cc(C(F)(F)F)ccc2C(=O)Nc2nc(-c3ccccc3)cs2)cc1. The van der Waals surface area contributed by atoms with Gasteiger partial charge in [0.2, 0.25) is 5.91 Å². The van der Waals surface area contributed by atoms with Gasteiger partial charge in [-0.15, -0.1) is 11.3 Å². The van der Waals surface area contributed by atoms with Crippen molar-refractivity contribution in [2.45, 2.75) is 23.9 Å². The lowest BCUT2D eigenvalue weighted by Gasteiger charge is -2.15. The maximum atomic E-state index is 13.5. The number of anilines is 2. The molecule has 4 aromatic rings. The molecule has 0 spiro atoms. The Bertz CT molecular complexity index is 1620. The van der Waals surface area contributed by atoms with Gasteiger partial charge in [0.1, 0.15) is 0 Å². The molecule has 0 aliphatic carbocycles. The van der Waals surface area contributed by atoms with E-state index < -0.39 is 33.4 Å². The first-order valence-electron chi connectivity index (χ1n) is 11.8. The summed E-state index contributed by atoms with van der Waals surface area (Å²) >= 11 is 1.11. The van der Waals surface area contributed by atoms with Crippen molar-refractivity contribution in [2.24, 2.45) is 0 Å². The zero-order valence-corrected chi connectivity index (χ0v) is 22.6. The number of nitrogens with one attached hydrogen (secondary N) is 3. The van der Waals surface area contributed by atoms with Gasteiger partial charge >= 0.3 is 6.18 Å². The fourth-order valence-corrected chi connectivity index (χ4v) is 5.45. The van der Waals surface area contributed by atoms with E-state index in [-0.39, 0.29) is 27.9 Å². The van der Waals surface area contributed by atoms with Gasteiger partial charge in [-0.1, -0.05) is 42.5 Å². The lowest BCUT2D eigenvalue weighted by molar-refractivity contribution is -0.137. The zero-order chi connectivity index (χ0) is 28.9. The van der Waals surface area contributed by atoms with E-state index in [9.17, 15) is 31.2 Å². The second-order valence-corrected chi connectivity index (χ2v) is 11.1. The van der Waals surface area contributed by atoms with Crippen LogP contribution in [0.2, 0.25) is 0 Å². The summed E-state index contributed by atoms with van der Waals surface area (Å²) in [5.41, 5.74) is 0.0906. The van der Waals surface area contributed by atoms with Crippen LogP contribution in [-0.2, 0) is 27.4 Å². The molecule has 0 aliphatic heterocycles. The number of rotatable bonds is 9. The van der Waals surface area contributed by atoms with Crippen molar-refractivity contribution in [3.8, 4) is 11.3 Å². The highest BCUT2D eigenvalue weighted by Gasteiger charge is 2.32. The van der Waals surface area contributed by atoms with Crippen molar-refractivity contribution in [1.82, 2.24) is 10.3 Å². The number of hydrogen-bond donors (Lipinski definition) is 3. The molecule has 0 aliphatic rings. The molecule has 3 N–H and O–H groups in total. The van der Waals surface area contributed by atoms with Crippen LogP contribution in [0, 0.1) is 0 Å². The Hall–Kier alpha value is -4.23. The molecule has 0 unspecified atom stereocenters. The van der Waals surface area contributed by atoms with Crippen LogP contribution in [0.1, 0.15) is 27.9 Å². The third-order valence-electron chi connectivity index (χ3n) is 5.78. The van der Waals surface area contributed by atoms with Crippen molar-refractivity contribution >= 4 is 44.0 Å². The molecule has 2 amide bonds. The van der Waals surface area contributed by atoms with Gasteiger partial charge in [-0.3, -0.25) is 19.6 Å². The number of carbonyl (C=O) groups is 2. The number of carbonyl (C=O) groups excluding carboxylic acids is 2. The molecular weight excluding hydrogens is 565 g/mol. The highest BCUT2D eigenvalue weighted by atomic mass is 32.2. The minimum absolute atomic E-state index is 0.178. The van der Waals surface area contributed by atoms with Crippen molar-refractivity contribution in [2.75, 3.05) is 17.1 Å². The predicted octanol–water partition coefficient (Wildman–Crippen LogP) is 5.56. The second kappa shape index (κ2) is 11.9. The summed E-state index contributed by atoms with van der Waals surface area (Å²) in [6.45, 7) is 0. The van der Waals surface area contributed by atoms with Gasteiger partial charge in [0.05, 0.1) is 27.4 Å². The third kappa shape index (κ3) is 7.04. The summed E-state index contributed by atoms with van der Waals surface area (Å²) in [5.74, 6) is -1.02. The number of nitrogens with zero attached hydrogens (tertiary/aromatic N) is 1. The van der Waals surface area contributed by atoms with Gasteiger partial charge in [-0.2, -0.15) is 13.2 Å². The van der Waals surface area contributed by atoms with Crippen molar-refractivity contribution in [1.29, 1.82) is 0 Å². The fourth-order valence-electron chi connectivity index (χ4n) is 3.66. The minimum Gasteiger partial charge on any atom is -0.359 e. The molecule has 1 heterocycles. The molecule has 1 aromatic heterocycles. The first-order valence-corrected chi connectivity index (χ1v) is 14.2. The standard InChI is InChI=1S/C27H23F3N4O4S2/c1-31-24(35)14-9-17-7-11-20(12-8-17)40(37,38)34-22-15-19(27(28,29)30)10-13-21(22)25(36)33-26-32-23(16-39-26)18-5-3-2-4-6-18/h2-8,10-13,15-16,34H,9,14H2,1H3,(H,31,35)(H,32,33,36). The number of halogens is 3. The summed E-state index contributed by atoms with van der Waals surface area (Å²) in [5, 5.41) is 6.91. The molecule has 4 rings (SSSR count). The molecule has 0 atom stereocenters. The summed E-state index contributed by atoms with van der Waals surface area (Å²) in [4.78, 5) is 28.6. The Morgan fingerprint density at radius 3 is 2.33 bits per heavy atom. The van der Waals surface area contributed by atoms with E-state index in [1.54, 1.807) is 5.38 Å². The van der Waals surface area contributed by atoms with Gasteiger partial charge in [0.25, 0.3) is 15.9 Å². The average molecular weight is 589 g/mol. The molecule has 13 heteroatoms. The monoisotopic (exact) mass is 588 g/mol. The number of alkyl halides is 3. The van der Waals surface area contributed by atoms with Crippen LogP contribution in [0.3, 0.4) is 0 Å². The molecule has 0 fully saturated rings. The first-order chi connectivity index (χ1) is 19.0. The quantitative estimate of drug-likeness (QED) is 0.237. The maximum Gasteiger partial charge on any atom is 0.416 e. The van der Waals surface area contributed by atoms with Crippen LogP contribution in [0.5, 0.6) is 0 Å². The third-order valence-corrected chi connectivity index (χ3v) is 7.92. The number of amides is 2. The van der Waals surface area contributed by atoms with Crippen LogP contribution in [-0.4, -0.2) is 32.3 Å². The number of aryl methyl sites for hydroxylation is 1. The fraction of sp³-hybridized carbons (Fsp3) is 0.148. The van der Waals surface area contributed by atoms with Gasteiger partial charge in [0.15, 0.2) is 5.13 Å². The second-order valence-electron chi connectivity index (χ2n) is 8.54. The van der Waals surface area contributed by atoms with Crippen molar-refractivity contribution < 1.29 is 31.2 Å². The molecule has 0 saturated heterocycles. The summed E-state index contributed by atoms with van der Waals surface area (Å²) in [7, 11) is -2.87. The molecule has 0 saturated carbocycles. The summed E-state index contributed by atoms with van der Waals surface area (Å²) < 4.78 is 68.6. The molecule has 208 valence electrons. The molecule has 8 nitrogen and oxygen atoms in total. The summed E-state index contributed by atoms with van der Waals surface area (Å²) in [6.07, 6.45) is -4.20. The van der Waals surface area contributed by atoms with Crippen LogP contribution in [0.25, 0.3) is 11.3 Å². The average Bonchev–Trinajstić information content (AvgIpc) is 3.40. The molecule has 0 radical (unpaired) electrons. The number of thiazole rings is 1. The van der Waals surface area contributed by atoms with Crippen LogP contribution in [0.15, 0.2) is 83.1 Å². The van der Waals surface area contributed by atoms with Crippen molar-refractivity contribution in [3.05, 3.63) is 94.9 Å². The van der Waals surface area contributed by atoms with Crippen LogP contribution in [0.4, 0.5) is 24.0 Å². The van der Waals surface area contributed by atoms with E-state index >= 15 is 0 Å². The molecule has 40 heavy (non-hydrogen) atoms. The number of aromatic nitrogens is 1. The Kier molecular flexibility index (Phi) is 8.55. The van der Waals surface area contributed by atoms with Gasteiger partial charge < -0.3 is 5.32 Å². The van der Waals surface area contributed by atoms with E-state index in [1.807, 2.05) is 30.3 Å². The highest BCUT2D eigenvalue weighted by molar-refractivity contribution is 7.92. The minimum atomic E-state index is -4.78. The largest absolute Gasteiger partial charge is 0.416 e.